The van der Waals surface area contributed by atoms with Crippen molar-refractivity contribution in [2.45, 2.75) is 25.4 Å². The summed E-state index contributed by atoms with van der Waals surface area (Å²) in [6.07, 6.45) is 0.792. The average molecular weight is 361 g/mol. The Balaban J connectivity index is 1.65. The van der Waals surface area contributed by atoms with Crippen molar-refractivity contribution < 1.29 is 14.4 Å². The molecule has 3 atom stereocenters. The molecule has 0 aliphatic carbocycles. The molecular formula is C21H19N3O3. The Morgan fingerprint density at radius 1 is 0.926 bits per heavy atom. The fourth-order valence-electron chi connectivity index (χ4n) is 4.82. The van der Waals surface area contributed by atoms with Gasteiger partial charge < -0.3 is 0 Å². The molecule has 2 aromatic rings. The minimum atomic E-state index is -0.772. The van der Waals surface area contributed by atoms with Gasteiger partial charge in [0.1, 0.15) is 6.04 Å². The molecule has 0 aromatic heterocycles. The first-order valence-electron chi connectivity index (χ1n) is 9.16. The van der Waals surface area contributed by atoms with E-state index in [9.17, 15) is 14.4 Å². The Morgan fingerprint density at radius 2 is 1.63 bits per heavy atom. The van der Waals surface area contributed by atoms with Crippen LogP contribution in [0.4, 0.5) is 5.69 Å². The molecular weight excluding hydrogens is 342 g/mol. The zero-order valence-corrected chi connectivity index (χ0v) is 14.9. The van der Waals surface area contributed by atoms with Gasteiger partial charge in [-0.05, 0) is 29.7 Å². The summed E-state index contributed by atoms with van der Waals surface area (Å²) < 4.78 is 0. The normalized spacial score (nSPS) is 26.8. The number of carbonyl (C=O) groups is 3. The first-order chi connectivity index (χ1) is 13.1. The van der Waals surface area contributed by atoms with Crippen molar-refractivity contribution >= 4 is 23.4 Å². The summed E-state index contributed by atoms with van der Waals surface area (Å²) in [6, 6.07) is 15.9. The van der Waals surface area contributed by atoms with Gasteiger partial charge in [-0.2, -0.15) is 0 Å². The number of hydrogen-bond donors (Lipinski definition) is 0. The van der Waals surface area contributed by atoms with Gasteiger partial charge in [0.25, 0.3) is 5.91 Å². The first kappa shape index (κ1) is 16.2. The second-order valence-electron chi connectivity index (χ2n) is 7.24. The minimum Gasteiger partial charge on any atom is -0.274 e. The predicted molar refractivity (Wildman–Crippen MR) is 98.3 cm³/mol. The molecule has 0 radical (unpaired) electrons. The van der Waals surface area contributed by atoms with Crippen molar-refractivity contribution in [3.63, 3.8) is 0 Å². The largest absolute Gasteiger partial charge is 0.274 e. The van der Waals surface area contributed by atoms with Gasteiger partial charge in [0.05, 0.1) is 17.6 Å². The van der Waals surface area contributed by atoms with E-state index in [0.717, 1.165) is 12.0 Å². The van der Waals surface area contributed by atoms with Crippen molar-refractivity contribution in [2.24, 2.45) is 5.92 Å². The molecule has 3 heterocycles. The smallest absolute Gasteiger partial charge is 0.259 e. The Hall–Kier alpha value is -2.99. The van der Waals surface area contributed by atoms with E-state index in [2.05, 4.69) is 6.07 Å². The number of carbonyl (C=O) groups excluding carboxylic acids is 3. The van der Waals surface area contributed by atoms with Crippen molar-refractivity contribution in [3.8, 4) is 0 Å². The highest BCUT2D eigenvalue weighted by atomic mass is 16.2. The molecule has 0 N–H and O–H groups in total. The summed E-state index contributed by atoms with van der Waals surface area (Å²) in [7, 11) is 0. The van der Waals surface area contributed by atoms with Crippen LogP contribution < -0.4 is 4.90 Å². The third-order valence-corrected chi connectivity index (χ3v) is 5.84. The molecule has 6 nitrogen and oxygen atoms in total. The molecule has 136 valence electrons. The SMILES string of the molecule is CC(=O)N1[C@@H]2C(=O)N(c3ccccc3)C(=O)[C@@H]2[C@@H]2c3ccccc3CCN21. The topological polar surface area (TPSA) is 60.9 Å². The van der Waals surface area contributed by atoms with E-state index >= 15 is 0 Å². The van der Waals surface area contributed by atoms with Gasteiger partial charge in [-0.1, -0.05) is 42.5 Å². The fourth-order valence-corrected chi connectivity index (χ4v) is 4.82. The lowest BCUT2D eigenvalue weighted by Crippen LogP contribution is -2.51. The maximum atomic E-state index is 13.4. The lowest BCUT2D eigenvalue weighted by Gasteiger charge is -2.38. The van der Waals surface area contributed by atoms with Gasteiger partial charge in [0.15, 0.2) is 0 Å². The molecule has 3 amide bonds. The number of fused-ring (bicyclic) bond motifs is 5. The number of nitrogens with zero attached hydrogens (tertiary/aromatic N) is 3. The Bertz CT molecular complexity index is 958. The van der Waals surface area contributed by atoms with Gasteiger partial charge in [0, 0.05) is 13.5 Å². The molecule has 3 aliphatic heterocycles. The van der Waals surface area contributed by atoms with Crippen LogP contribution in [0.15, 0.2) is 54.6 Å². The summed E-state index contributed by atoms with van der Waals surface area (Å²) in [5, 5.41) is 3.45. The third kappa shape index (κ3) is 2.13. The quantitative estimate of drug-likeness (QED) is 0.728. The Labute approximate surface area is 156 Å². The summed E-state index contributed by atoms with van der Waals surface area (Å²) in [5.41, 5.74) is 2.78. The molecule has 27 heavy (non-hydrogen) atoms. The van der Waals surface area contributed by atoms with E-state index in [1.807, 2.05) is 29.3 Å². The van der Waals surface area contributed by atoms with Crippen molar-refractivity contribution in [1.82, 2.24) is 10.0 Å². The standard InChI is InChI=1S/C21H19N3O3/c1-13(25)24-19-17(18-16-10-6-5-7-14(16)11-12-22(18)24)20(26)23(21(19)27)15-8-3-2-4-9-15/h2-10,17-19H,11-12H2,1H3/t17-,18+,19+/m1/s1. The molecule has 2 fully saturated rings. The number of hydrazine groups is 1. The number of hydrogen-bond acceptors (Lipinski definition) is 4. The van der Waals surface area contributed by atoms with Crippen LogP contribution in [-0.2, 0) is 20.8 Å². The lowest BCUT2D eigenvalue weighted by molar-refractivity contribution is -0.152. The summed E-state index contributed by atoms with van der Waals surface area (Å²) >= 11 is 0. The van der Waals surface area contributed by atoms with Crippen LogP contribution in [0.3, 0.4) is 0 Å². The van der Waals surface area contributed by atoms with E-state index in [1.165, 1.54) is 22.4 Å². The zero-order chi connectivity index (χ0) is 18.7. The van der Waals surface area contributed by atoms with E-state index in [-0.39, 0.29) is 23.8 Å². The third-order valence-electron chi connectivity index (χ3n) is 5.84. The van der Waals surface area contributed by atoms with Crippen molar-refractivity contribution in [3.05, 3.63) is 65.7 Å². The Morgan fingerprint density at radius 3 is 2.37 bits per heavy atom. The first-order valence-corrected chi connectivity index (χ1v) is 9.16. The molecule has 2 aromatic carbocycles. The van der Waals surface area contributed by atoms with Crippen LogP contribution in [0.5, 0.6) is 0 Å². The number of benzene rings is 2. The van der Waals surface area contributed by atoms with Crippen LogP contribution in [-0.4, -0.2) is 40.3 Å². The van der Waals surface area contributed by atoms with Crippen LogP contribution in [0.2, 0.25) is 0 Å². The van der Waals surface area contributed by atoms with Gasteiger partial charge in [-0.3, -0.25) is 19.4 Å². The average Bonchev–Trinajstić information content (AvgIpc) is 3.16. The molecule has 0 bridgehead atoms. The maximum absolute atomic E-state index is 13.4. The van der Waals surface area contributed by atoms with Gasteiger partial charge in [-0.15, -0.1) is 0 Å². The molecule has 2 saturated heterocycles. The van der Waals surface area contributed by atoms with Crippen LogP contribution in [0.1, 0.15) is 24.1 Å². The van der Waals surface area contributed by atoms with Crippen molar-refractivity contribution in [1.29, 1.82) is 0 Å². The summed E-state index contributed by atoms with van der Waals surface area (Å²) in [4.78, 5) is 40.3. The van der Waals surface area contributed by atoms with E-state index in [1.54, 1.807) is 24.3 Å². The number of anilines is 1. The maximum Gasteiger partial charge on any atom is 0.259 e. The van der Waals surface area contributed by atoms with Gasteiger partial charge >= 0.3 is 0 Å². The highest BCUT2D eigenvalue weighted by Crippen LogP contribution is 2.49. The highest BCUT2D eigenvalue weighted by Gasteiger charge is 2.63. The predicted octanol–water partition coefficient (Wildman–Crippen LogP) is 1.92. The highest BCUT2D eigenvalue weighted by molar-refractivity contribution is 6.24. The second-order valence-corrected chi connectivity index (χ2v) is 7.24. The van der Waals surface area contributed by atoms with E-state index < -0.39 is 12.0 Å². The number of amides is 3. The molecule has 0 spiro atoms. The number of imide groups is 1. The molecule has 6 heteroatoms. The molecule has 0 saturated carbocycles. The number of rotatable bonds is 1. The van der Waals surface area contributed by atoms with Crippen molar-refractivity contribution in [2.75, 3.05) is 11.4 Å². The van der Waals surface area contributed by atoms with E-state index in [4.69, 9.17) is 0 Å². The lowest BCUT2D eigenvalue weighted by atomic mass is 9.85. The Kier molecular flexibility index (Phi) is 3.45. The minimum absolute atomic E-state index is 0.206. The van der Waals surface area contributed by atoms with Crippen LogP contribution in [0.25, 0.3) is 0 Å². The van der Waals surface area contributed by atoms with Gasteiger partial charge in [-0.25, -0.2) is 9.91 Å². The molecule has 0 unspecified atom stereocenters. The zero-order valence-electron chi connectivity index (χ0n) is 14.9. The van der Waals surface area contributed by atoms with Gasteiger partial charge in [0.2, 0.25) is 11.8 Å². The van der Waals surface area contributed by atoms with Crippen LogP contribution >= 0.6 is 0 Å². The van der Waals surface area contributed by atoms with Crippen LogP contribution in [0, 0.1) is 5.92 Å². The number of para-hydroxylation sites is 1. The molecule has 5 rings (SSSR count). The summed E-state index contributed by atoms with van der Waals surface area (Å²) in [5.74, 6) is -1.34. The summed E-state index contributed by atoms with van der Waals surface area (Å²) in [6.45, 7) is 2.09. The second kappa shape index (κ2) is 5.76. The molecule has 3 aliphatic rings. The fraction of sp³-hybridized carbons (Fsp3) is 0.286. The van der Waals surface area contributed by atoms with E-state index in [0.29, 0.717) is 12.2 Å². The monoisotopic (exact) mass is 361 g/mol.